The zero-order valence-corrected chi connectivity index (χ0v) is 14.2. The number of amides is 2. The van der Waals surface area contributed by atoms with Gasteiger partial charge in [0.1, 0.15) is 12.4 Å². The molecule has 0 fully saturated rings. The summed E-state index contributed by atoms with van der Waals surface area (Å²) in [7, 11) is 1.71. The van der Waals surface area contributed by atoms with Crippen LogP contribution in [0.5, 0.6) is 5.75 Å². The van der Waals surface area contributed by atoms with Gasteiger partial charge in [-0.1, -0.05) is 47.7 Å². The van der Waals surface area contributed by atoms with Crippen LogP contribution in [0.1, 0.15) is 5.56 Å². The van der Waals surface area contributed by atoms with Gasteiger partial charge in [-0.15, -0.1) is 0 Å². The van der Waals surface area contributed by atoms with Crippen molar-refractivity contribution in [3.63, 3.8) is 0 Å². The van der Waals surface area contributed by atoms with Crippen LogP contribution in [-0.2, 0) is 0 Å². The largest absolute Gasteiger partial charge is 0.492 e. The van der Waals surface area contributed by atoms with Gasteiger partial charge in [0.05, 0.1) is 13.1 Å². The van der Waals surface area contributed by atoms with Gasteiger partial charge in [0.15, 0.2) is 0 Å². The number of rotatable bonds is 5. The lowest BCUT2D eigenvalue weighted by Crippen LogP contribution is -2.39. The van der Waals surface area contributed by atoms with Crippen LogP contribution >= 0.6 is 11.6 Å². The Bertz CT molecular complexity index is 723. The van der Waals surface area contributed by atoms with Crippen LogP contribution in [0.3, 0.4) is 0 Å². The predicted molar refractivity (Wildman–Crippen MR) is 96.3 cm³/mol. The van der Waals surface area contributed by atoms with Crippen LogP contribution in [0.25, 0.3) is 0 Å². The second-order valence-electron chi connectivity index (χ2n) is 5.05. The van der Waals surface area contributed by atoms with Gasteiger partial charge < -0.3 is 15.0 Å². The van der Waals surface area contributed by atoms with Gasteiger partial charge in [0.25, 0.3) is 0 Å². The number of benzene rings is 2. The molecule has 0 aliphatic carbocycles. The molecule has 2 rings (SSSR count). The minimum absolute atomic E-state index is 0.188. The summed E-state index contributed by atoms with van der Waals surface area (Å²) in [5.41, 5.74) is 0.926. The lowest BCUT2D eigenvalue weighted by molar-refractivity contribution is 0.196. The number of ether oxygens (including phenoxy) is 1. The maximum atomic E-state index is 11.9. The normalized spacial score (nSPS) is 9.58. The molecule has 0 unspecified atom stereocenters. The van der Waals surface area contributed by atoms with E-state index in [2.05, 4.69) is 17.2 Å². The van der Waals surface area contributed by atoms with E-state index < -0.39 is 0 Å². The first-order valence-electron chi connectivity index (χ1n) is 7.56. The summed E-state index contributed by atoms with van der Waals surface area (Å²) in [6, 6.07) is 16.6. The molecule has 1 N–H and O–H groups in total. The van der Waals surface area contributed by atoms with Gasteiger partial charge in [-0.05, 0) is 30.3 Å². The highest BCUT2D eigenvalue weighted by Gasteiger charge is 2.06. The molecule has 0 bridgehead atoms. The number of carbonyl (C=O) groups is 1. The molecule has 0 saturated heterocycles. The maximum absolute atomic E-state index is 11.9. The standard InChI is InChI=1S/C19H19ClN2O2/c1-22(13-14-24-18-11-5-10-17(20)15-18)19(23)21-12-6-9-16-7-3-2-4-8-16/h2-5,7-8,10-11,15H,12-14H2,1H3,(H,21,23). The fraction of sp³-hybridized carbons (Fsp3) is 0.211. The highest BCUT2D eigenvalue weighted by atomic mass is 35.5. The van der Waals surface area contributed by atoms with Crippen LogP contribution in [-0.4, -0.2) is 37.7 Å². The zero-order valence-electron chi connectivity index (χ0n) is 13.5. The van der Waals surface area contributed by atoms with Crippen molar-refractivity contribution in [3.05, 3.63) is 65.2 Å². The molecule has 2 aromatic rings. The first kappa shape index (κ1) is 17.7. The molecule has 0 aromatic heterocycles. The SMILES string of the molecule is CN(CCOc1cccc(Cl)c1)C(=O)NCC#Cc1ccccc1. The van der Waals surface area contributed by atoms with Crippen molar-refractivity contribution in [3.8, 4) is 17.6 Å². The predicted octanol–water partition coefficient (Wildman–Crippen LogP) is 3.41. The van der Waals surface area contributed by atoms with E-state index in [9.17, 15) is 4.79 Å². The maximum Gasteiger partial charge on any atom is 0.318 e. The molecule has 0 spiro atoms. The molecule has 24 heavy (non-hydrogen) atoms. The molecular formula is C19H19ClN2O2. The smallest absolute Gasteiger partial charge is 0.318 e. The van der Waals surface area contributed by atoms with Crippen LogP contribution < -0.4 is 10.1 Å². The summed E-state index contributed by atoms with van der Waals surface area (Å²) in [4.78, 5) is 13.5. The van der Waals surface area contributed by atoms with Crippen LogP contribution in [0.4, 0.5) is 4.79 Å². The number of nitrogens with zero attached hydrogens (tertiary/aromatic N) is 1. The monoisotopic (exact) mass is 342 g/mol. The van der Waals surface area contributed by atoms with Crippen molar-refractivity contribution < 1.29 is 9.53 Å². The molecule has 0 saturated carbocycles. The van der Waals surface area contributed by atoms with E-state index in [1.54, 1.807) is 24.1 Å². The van der Waals surface area contributed by atoms with Crippen molar-refractivity contribution in [2.45, 2.75) is 0 Å². The summed E-state index contributed by atoms with van der Waals surface area (Å²) in [6.07, 6.45) is 0. The van der Waals surface area contributed by atoms with Crippen LogP contribution in [0, 0.1) is 11.8 Å². The third-order valence-corrected chi connectivity index (χ3v) is 3.41. The first-order chi connectivity index (χ1) is 11.6. The van der Waals surface area contributed by atoms with Crippen molar-refractivity contribution in [2.24, 2.45) is 0 Å². The molecule has 2 amide bonds. The van der Waals surface area contributed by atoms with E-state index in [1.165, 1.54) is 0 Å². The van der Waals surface area contributed by atoms with Gasteiger partial charge in [-0.2, -0.15) is 0 Å². The summed E-state index contributed by atoms with van der Waals surface area (Å²) in [5.74, 6) is 6.59. The Morgan fingerprint density at radius 2 is 2.00 bits per heavy atom. The Morgan fingerprint density at radius 3 is 2.75 bits per heavy atom. The number of carbonyl (C=O) groups excluding carboxylic acids is 1. The zero-order chi connectivity index (χ0) is 17.2. The minimum atomic E-state index is -0.188. The summed E-state index contributed by atoms with van der Waals surface area (Å²) in [5, 5.41) is 3.37. The molecule has 0 aliphatic heterocycles. The lowest BCUT2D eigenvalue weighted by Gasteiger charge is -2.17. The second kappa shape index (κ2) is 9.49. The number of hydrogen-bond acceptors (Lipinski definition) is 2. The summed E-state index contributed by atoms with van der Waals surface area (Å²) >= 11 is 5.88. The Hall–Kier alpha value is -2.64. The second-order valence-corrected chi connectivity index (χ2v) is 5.49. The van der Waals surface area contributed by atoms with Gasteiger partial charge in [0, 0.05) is 17.6 Å². The third-order valence-electron chi connectivity index (χ3n) is 3.17. The van der Waals surface area contributed by atoms with E-state index in [0.717, 1.165) is 5.56 Å². The third kappa shape index (κ3) is 6.23. The fourth-order valence-electron chi connectivity index (χ4n) is 1.88. The Labute approximate surface area is 147 Å². The van der Waals surface area contributed by atoms with E-state index in [-0.39, 0.29) is 6.03 Å². The number of hydrogen-bond donors (Lipinski definition) is 1. The fourth-order valence-corrected chi connectivity index (χ4v) is 2.06. The topological polar surface area (TPSA) is 41.6 Å². The highest BCUT2D eigenvalue weighted by molar-refractivity contribution is 6.30. The molecule has 4 nitrogen and oxygen atoms in total. The Kier molecular flexibility index (Phi) is 7.00. The minimum Gasteiger partial charge on any atom is -0.492 e. The molecule has 0 radical (unpaired) electrons. The molecule has 0 atom stereocenters. The molecular weight excluding hydrogens is 324 g/mol. The number of nitrogens with one attached hydrogen (secondary N) is 1. The van der Waals surface area contributed by atoms with E-state index >= 15 is 0 Å². The quantitative estimate of drug-likeness (QED) is 0.846. The molecule has 124 valence electrons. The van der Waals surface area contributed by atoms with Crippen LogP contribution in [0.2, 0.25) is 5.02 Å². The first-order valence-corrected chi connectivity index (χ1v) is 7.94. The molecule has 2 aromatic carbocycles. The van der Waals surface area contributed by atoms with Gasteiger partial charge >= 0.3 is 6.03 Å². The van der Waals surface area contributed by atoms with E-state index in [4.69, 9.17) is 16.3 Å². The van der Waals surface area contributed by atoms with Gasteiger partial charge in [0.2, 0.25) is 0 Å². The van der Waals surface area contributed by atoms with Gasteiger partial charge in [-0.25, -0.2) is 4.79 Å². The number of halogens is 1. The van der Waals surface area contributed by atoms with E-state index in [0.29, 0.717) is 30.5 Å². The molecule has 0 aliphatic rings. The summed E-state index contributed by atoms with van der Waals surface area (Å²) < 4.78 is 5.56. The molecule has 0 heterocycles. The number of likely N-dealkylation sites (N-methyl/N-ethyl adjacent to an activating group) is 1. The average Bonchev–Trinajstić information content (AvgIpc) is 2.59. The van der Waals surface area contributed by atoms with Crippen LogP contribution in [0.15, 0.2) is 54.6 Å². The van der Waals surface area contributed by atoms with E-state index in [1.807, 2.05) is 42.5 Å². The van der Waals surface area contributed by atoms with Crippen molar-refractivity contribution in [2.75, 3.05) is 26.7 Å². The lowest BCUT2D eigenvalue weighted by atomic mass is 10.2. The van der Waals surface area contributed by atoms with Crippen molar-refractivity contribution in [1.29, 1.82) is 0 Å². The molecule has 5 heteroatoms. The van der Waals surface area contributed by atoms with Gasteiger partial charge in [-0.3, -0.25) is 0 Å². The highest BCUT2D eigenvalue weighted by Crippen LogP contribution is 2.16. The summed E-state index contributed by atoms with van der Waals surface area (Å²) in [6.45, 7) is 1.15. The number of urea groups is 1. The average molecular weight is 343 g/mol. The van der Waals surface area contributed by atoms with Crippen molar-refractivity contribution >= 4 is 17.6 Å². The Balaban J connectivity index is 1.68. The van der Waals surface area contributed by atoms with Crippen molar-refractivity contribution in [1.82, 2.24) is 10.2 Å². The Morgan fingerprint density at radius 1 is 1.21 bits per heavy atom.